The van der Waals surface area contributed by atoms with E-state index in [4.69, 9.17) is 18.9 Å². The van der Waals surface area contributed by atoms with Crippen LogP contribution < -0.4 is 14.2 Å². The van der Waals surface area contributed by atoms with Crippen molar-refractivity contribution in [1.82, 2.24) is 0 Å². The molecule has 0 aromatic heterocycles. The van der Waals surface area contributed by atoms with Crippen LogP contribution in [0.3, 0.4) is 0 Å². The summed E-state index contributed by atoms with van der Waals surface area (Å²) in [6.07, 6.45) is 0. The number of carbonyl (C=O) groups excluding carboxylic acids is 1. The first-order chi connectivity index (χ1) is 15.7. The monoisotopic (exact) mass is 426 g/mol. The van der Waals surface area contributed by atoms with Crippen molar-refractivity contribution in [2.24, 2.45) is 0 Å². The first kappa shape index (κ1) is 22.5. The maximum Gasteiger partial charge on any atom is 0.343 e. The third-order valence-corrected chi connectivity index (χ3v) is 4.27. The molecule has 0 amide bonds. The summed E-state index contributed by atoms with van der Waals surface area (Å²) >= 11 is 0. The smallest absolute Gasteiger partial charge is 0.343 e. The van der Waals surface area contributed by atoms with Gasteiger partial charge in [-0.1, -0.05) is 41.9 Å². The standard InChI is InChI=1S/C27H22O5/c1-29-25-17-14-22(20-26(25)30-2)9-7-19-31-18-6-8-21-12-15-24(16-13-21)32-27(28)23-10-4-3-5-11-23/h3-5,10-17,20H,18-19H2,1-2H3. The molecule has 0 radical (unpaired) electrons. The summed E-state index contributed by atoms with van der Waals surface area (Å²) in [5, 5.41) is 0. The highest BCUT2D eigenvalue weighted by molar-refractivity contribution is 5.90. The Hall–Kier alpha value is -4.19. The van der Waals surface area contributed by atoms with Crippen LogP contribution in [0.2, 0.25) is 0 Å². The van der Waals surface area contributed by atoms with E-state index in [1.807, 2.05) is 24.3 Å². The first-order valence-electron chi connectivity index (χ1n) is 9.84. The molecule has 0 N–H and O–H groups in total. The fraction of sp³-hybridized carbons (Fsp3) is 0.148. The molecule has 0 unspecified atom stereocenters. The van der Waals surface area contributed by atoms with Crippen molar-refractivity contribution < 1.29 is 23.7 Å². The predicted octanol–water partition coefficient (Wildman–Crippen LogP) is 4.34. The molecule has 5 nitrogen and oxygen atoms in total. The van der Waals surface area contributed by atoms with Gasteiger partial charge in [0.15, 0.2) is 11.5 Å². The molecule has 0 saturated carbocycles. The fourth-order valence-corrected chi connectivity index (χ4v) is 2.69. The highest BCUT2D eigenvalue weighted by Gasteiger charge is 2.07. The van der Waals surface area contributed by atoms with E-state index in [-0.39, 0.29) is 13.2 Å². The van der Waals surface area contributed by atoms with Crippen LogP contribution in [0.15, 0.2) is 72.8 Å². The number of hydrogen-bond acceptors (Lipinski definition) is 5. The van der Waals surface area contributed by atoms with E-state index in [0.29, 0.717) is 22.8 Å². The minimum Gasteiger partial charge on any atom is -0.493 e. The Bertz CT molecular complexity index is 1160. The average Bonchev–Trinajstić information content (AvgIpc) is 2.84. The molecule has 32 heavy (non-hydrogen) atoms. The van der Waals surface area contributed by atoms with E-state index < -0.39 is 5.97 Å². The highest BCUT2D eigenvalue weighted by Crippen LogP contribution is 2.27. The van der Waals surface area contributed by atoms with Crippen LogP contribution in [0.4, 0.5) is 0 Å². The Kier molecular flexibility index (Phi) is 8.34. The van der Waals surface area contributed by atoms with Gasteiger partial charge in [0.2, 0.25) is 0 Å². The molecule has 3 aromatic rings. The molecule has 0 heterocycles. The molecule has 0 fully saturated rings. The Morgan fingerprint density at radius 3 is 2.03 bits per heavy atom. The summed E-state index contributed by atoms with van der Waals surface area (Å²) in [7, 11) is 3.18. The van der Waals surface area contributed by atoms with Gasteiger partial charge in [0, 0.05) is 11.1 Å². The number of rotatable bonds is 6. The second-order valence-corrected chi connectivity index (χ2v) is 6.45. The van der Waals surface area contributed by atoms with Gasteiger partial charge in [-0.05, 0) is 54.6 Å². The molecular formula is C27H22O5. The minimum absolute atomic E-state index is 0.255. The normalized spacial score (nSPS) is 9.56. The van der Waals surface area contributed by atoms with Gasteiger partial charge in [-0.2, -0.15) is 0 Å². The molecule has 0 aliphatic carbocycles. The summed E-state index contributed by atoms with van der Waals surface area (Å²) in [5.41, 5.74) is 2.11. The zero-order chi connectivity index (χ0) is 22.6. The molecule has 160 valence electrons. The van der Waals surface area contributed by atoms with Crippen LogP contribution in [0.25, 0.3) is 0 Å². The zero-order valence-corrected chi connectivity index (χ0v) is 17.9. The third kappa shape index (κ3) is 6.67. The summed E-state index contributed by atoms with van der Waals surface area (Å²) in [4.78, 5) is 12.1. The van der Waals surface area contributed by atoms with Crippen molar-refractivity contribution in [3.05, 3.63) is 89.5 Å². The molecular weight excluding hydrogens is 404 g/mol. The lowest BCUT2D eigenvalue weighted by molar-refractivity contribution is 0.0734. The second kappa shape index (κ2) is 11.9. The van der Waals surface area contributed by atoms with E-state index in [0.717, 1.165) is 11.1 Å². The van der Waals surface area contributed by atoms with Gasteiger partial charge in [-0.25, -0.2) is 4.79 Å². The molecule has 0 bridgehead atoms. The Labute approximate surface area is 187 Å². The zero-order valence-electron chi connectivity index (χ0n) is 17.9. The van der Waals surface area contributed by atoms with Crippen molar-refractivity contribution in [3.8, 4) is 40.9 Å². The van der Waals surface area contributed by atoms with Crippen molar-refractivity contribution in [1.29, 1.82) is 0 Å². The topological polar surface area (TPSA) is 54.0 Å². The van der Waals surface area contributed by atoms with Crippen LogP contribution in [0.1, 0.15) is 21.5 Å². The van der Waals surface area contributed by atoms with Gasteiger partial charge in [0.1, 0.15) is 19.0 Å². The largest absolute Gasteiger partial charge is 0.493 e. The lowest BCUT2D eigenvalue weighted by Crippen LogP contribution is -2.07. The lowest BCUT2D eigenvalue weighted by atomic mass is 10.2. The minimum atomic E-state index is -0.396. The summed E-state index contributed by atoms with van der Waals surface area (Å²) in [6, 6.07) is 21.3. The summed E-state index contributed by atoms with van der Waals surface area (Å²) in [6.45, 7) is 0.517. The number of benzene rings is 3. The molecule has 0 aliphatic heterocycles. The van der Waals surface area contributed by atoms with Crippen molar-refractivity contribution in [3.63, 3.8) is 0 Å². The van der Waals surface area contributed by atoms with Gasteiger partial charge in [-0.3, -0.25) is 0 Å². The van der Waals surface area contributed by atoms with Crippen LogP contribution in [-0.2, 0) is 4.74 Å². The summed E-state index contributed by atoms with van der Waals surface area (Å²) in [5.74, 6) is 13.2. The van der Waals surface area contributed by atoms with Crippen LogP contribution in [-0.4, -0.2) is 33.4 Å². The number of carbonyl (C=O) groups is 1. The van der Waals surface area contributed by atoms with Gasteiger partial charge >= 0.3 is 5.97 Å². The quantitative estimate of drug-likeness (QED) is 0.254. The molecule has 0 spiro atoms. The van der Waals surface area contributed by atoms with E-state index in [1.54, 1.807) is 62.8 Å². The number of esters is 1. The number of methoxy groups -OCH3 is 2. The van der Waals surface area contributed by atoms with Crippen LogP contribution >= 0.6 is 0 Å². The predicted molar refractivity (Wildman–Crippen MR) is 122 cm³/mol. The molecule has 3 rings (SSSR count). The van der Waals surface area contributed by atoms with Gasteiger partial charge in [0.05, 0.1) is 19.8 Å². The maximum absolute atomic E-state index is 12.1. The first-order valence-corrected chi connectivity index (χ1v) is 9.84. The van der Waals surface area contributed by atoms with Crippen molar-refractivity contribution in [2.75, 3.05) is 27.4 Å². The molecule has 3 aromatic carbocycles. The van der Waals surface area contributed by atoms with Gasteiger partial charge in [-0.15, -0.1) is 0 Å². The second-order valence-electron chi connectivity index (χ2n) is 6.45. The molecule has 5 heteroatoms. The fourth-order valence-electron chi connectivity index (χ4n) is 2.69. The SMILES string of the molecule is COc1ccc(C#CCOCC#Cc2ccc(OC(=O)c3ccccc3)cc2)cc1OC. The molecule has 0 aliphatic rings. The van der Waals surface area contributed by atoms with E-state index in [9.17, 15) is 4.79 Å². The number of ether oxygens (including phenoxy) is 4. The summed E-state index contributed by atoms with van der Waals surface area (Å²) < 4.78 is 21.2. The highest BCUT2D eigenvalue weighted by atomic mass is 16.5. The lowest BCUT2D eigenvalue weighted by Gasteiger charge is -2.06. The molecule has 0 saturated heterocycles. The average molecular weight is 426 g/mol. The van der Waals surface area contributed by atoms with Crippen molar-refractivity contribution in [2.45, 2.75) is 0 Å². The van der Waals surface area contributed by atoms with E-state index in [1.165, 1.54) is 0 Å². The van der Waals surface area contributed by atoms with Gasteiger partial charge < -0.3 is 18.9 Å². The Balaban J connectivity index is 1.44. The van der Waals surface area contributed by atoms with Crippen molar-refractivity contribution >= 4 is 5.97 Å². The molecule has 0 atom stereocenters. The Morgan fingerprint density at radius 1 is 0.750 bits per heavy atom. The van der Waals surface area contributed by atoms with Crippen LogP contribution in [0, 0.1) is 23.7 Å². The van der Waals surface area contributed by atoms with E-state index in [2.05, 4.69) is 23.7 Å². The maximum atomic E-state index is 12.1. The third-order valence-electron chi connectivity index (χ3n) is 4.27. The Morgan fingerprint density at radius 2 is 1.38 bits per heavy atom. The van der Waals surface area contributed by atoms with Gasteiger partial charge in [0.25, 0.3) is 0 Å². The van der Waals surface area contributed by atoms with E-state index >= 15 is 0 Å². The number of hydrogen-bond donors (Lipinski definition) is 0. The van der Waals surface area contributed by atoms with Crippen LogP contribution in [0.5, 0.6) is 17.2 Å².